The Kier molecular flexibility index (Phi) is 5.84. The zero-order chi connectivity index (χ0) is 21.4. The molecule has 1 saturated heterocycles. The lowest BCUT2D eigenvalue weighted by Crippen LogP contribution is -2.47. The summed E-state index contributed by atoms with van der Waals surface area (Å²) in [5.41, 5.74) is 4.78. The summed E-state index contributed by atoms with van der Waals surface area (Å²) in [7, 11) is 0. The van der Waals surface area contributed by atoms with E-state index in [-0.39, 0.29) is 11.3 Å². The van der Waals surface area contributed by atoms with Crippen LogP contribution in [-0.2, 0) is 4.74 Å². The minimum Gasteiger partial charge on any atom is -0.462 e. The van der Waals surface area contributed by atoms with Gasteiger partial charge in [-0.15, -0.1) is 11.3 Å². The van der Waals surface area contributed by atoms with Crippen molar-refractivity contribution < 1.29 is 9.53 Å². The molecular formula is C22H25ClN4O2S. The summed E-state index contributed by atoms with van der Waals surface area (Å²) >= 11 is 7.56. The summed E-state index contributed by atoms with van der Waals surface area (Å²) in [6.45, 7) is 11.8. The molecule has 0 radical (unpaired) electrons. The van der Waals surface area contributed by atoms with Crippen molar-refractivity contribution in [2.75, 3.05) is 42.6 Å². The van der Waals surface area contributed by atoms with Gasteiger partial charge in [-0.05, 0) is 62.1 Å². The van der Waals surface area contributed by atoms with Crippen LogP contribution in [0.25, 0.3) is 10.2 Å². The Bertz CT molecular complexity index is 1110. The predicted octanol–water partition coefficient (Wildman–Crippen LogP) is 4.77. The molecule has 0 spiro atoms. The van der Waals surface area contributed by atoms with Gasteiger partial charge in [0.15, 0.2) is 0 Å². The van der Waals surface area contributed by atoms with Crippen molar-refractivity contribution >= 4 is 50.6 Å². The number of halogens is 1. The Morgan fingerprint density at radius 3 is 2.50 bits per heavy atom. The van der Waals surface area contributed by atoms with Crippen molar-refractivity contribution in [3.8, 4) is 0 Å². The van der Waals surface area contributed by atoms with Gasteiger partial charge in [-0.2, -0.15) is 4.98 Å². The molecular weight excluding hydrogens is 420 g/mol. The summed E-state index contributed by atoms with van der Waals surface area (Å²) in [5, 5.41) is 1.10. The van der Waals surface area contributed by atoms with Gasteiger partial charge in [0.25, 0.3) is 0 Å². The van der Waals surface area contributed by atoms with Gasteiger partial charge >= 0.3 is 5.97 Å². The molecule has 0 unspecified atom stereocenters. The summed E-state index contributed by atoms with van der Waals surface area (Å²) in [6.07, 6.45) is 0. The van der Waals surface area contributed by atoms with Crippen LogP contribution in [0.15, 0.2) is 18.2 Å². The van der Waals surface area contributed by atoms with Crippen LogP contribution in [0.4, 0.5) is 11.5 Å². The lowest BCUT2D eigenvalue weighted by molar-refractivity contribution is 0.0531. The van der Waals surface area contributed by atoms with Crippen LogP contribution in [0.5, 0.6) is 0 Å². The minimum absolute atomic E-state index is 0.200. The first-order chi connectivity index (χ1) is 14.4. The number of rotatable bonds is 4. The number of anilines is 2. The molecule has 1 fully saturated rings. The van der Waals surface area contributed by atoms with Crippen molar-refractivity contribution in [1.29, 1.82) is 0 Å². The van der Waals surface area contributed by atoms with E-state index in [0.29, 0.717) is 11.5 Å². The normalized spacial score (nSPS) is 14.4. The van der Waals surface area contributed by atoms with Crippen molar-refractivity contribution in [2.45, 2.75) is 27.7 Å². The molecule has 1 aromatic carbocycles. The Labute approximate surface area is 185 Å². The van der Waals surface area contributed by atoms with Crippen LogP contribution in [0, 0.1) is 20.8 Å². The maximum Gasteiger partial charge on any atom is 0.348 e. The molecule has 6 nitrogen and oxygen atoms in total. The number of hydrogen-bond acceptors (Lipinski definition) is 7. The number of esters is 1. The Hall–Kier alpha value is -2.38. The van der Waals surface area contributed by atoms with Gasteiger partial charge in [-0.1, -0.05) is 12.1 Å². The van der Waals surface area contributed by atoms with Crippen molar-refractivity contribution in [1.82, 2.24) is 9.97 Å². The number of thiophene rings is 1. The first-order valence-corrected chi connectivity index (χ1v) is 11.3. The van der Waals surface area contributed by atoms with E-state index in [1.165, 1.54) is 28.2 Å². The molecule has 4 rings (SSSR count). The standard InChI is InChI=1S/C22H25ClN4O2S/c1-5-29-21(28)18-15(4)17-19(24-22(23)25-20(17)30-18)27-11-9-26(10-12-27)16-8-6-7-13(2)14(16)3/h6-8H,5,9-12H2,1-4H3. The molecule has 3 aromatic rings. The number of piperazine rings is 1. The predicted molar refractivity (Wildman–Crippen MR) is 123 cm³/mol. The highest BCUT2D eigenvalue weighted by atomic mass is 35.5. The smallest absolute Gasteiger partial charge is 0.348 e. The first kappa shape index (κ1) is 20.9. The maximum absolute atomic E-state index is 12.4. The van der Waals surface area contributed by atoms with E-state index >= 15 is 0 Å². The number of benzene rings is 1. The molecule has 30 heavy (non-hydrogen) atoms. The monoisotopic (exact) mass is 444 g/mol. The largest absolute Gasteiger partial charge is 0.462 e. The number of hydrogen-bond donors (Lipinski definition) is 0. The molecule has 3 heterocycles. The fraction of sp³-hybridized carbons (Fsp3) is 0.409. The number of carbonyl (C=O) groups is 1. The summed E-state index contributed by atoms with van der Waals surface area (Å²) in [6, 6.07) is 6.45. The molecule has 0 amide bonds. The number of ether oxygens (including phenoxy) is 1. The van der Waals surface area contributed by atoms with Gasteiger partial charge < -0.3 is 14.5 Å². The lowest BCUT2D eigenvalue weighted by atomic mass is 10.1. The molecule has 0 aliphatic carbocycles. The highest BCUT2D eigenvalue weighted by molar-refractivity contribution is 7.20. The summed E-state index contributed by atoms with van der Waals surface area (Å²) in [5.74, 6) is 0.481. The molecule has 0 saturated carbocycles. The molecule has 1 aliphatic heterocycles. The average Bonchev–Trinajstić information content (AvgIpc) is 3.06. The number of carbonyl (C=O) groups excluding carboxylic acids is 1. The van der Waals surface area contributed by atoms with Crippen LogP contribution in [0.2, 0.25) is 5.28 Å². The van der Waals surface area contributed by atoms with Crippen LogP contribution < -0.4 is 9.80 Å². The molecule has 158 valence electrons. The lowest BCUT2D eigenvalue weighted by Gasteiger charge is -2.37. The van der Waals surface area contributed by atoms with Crippen LogP contribution in [0.3, 0.4) is 0 Å². The zero-order valence-corrected chi connectivity index (χ0v) is 19.2. The second-order valence-corrected chi connectivity index (χ2v) is 8.80. The molecule has 0 N–H and O–H groups in total. The number of fused-ring (bicyclic) bond motifs is 1. The van der Waals surface area contributed by atoms with Gasteiger partial charge in [0.2, 0.25) is 5.28 Å². The van der Waals surface area contributed by atoms with E-state index < -0.39 is 0 Å². The van der Waals surface area contributed by atoms with Gasteiger partial charge in [-0.3, -0.25) is 0 Å². The summed E-state index contributed by atoms with van der Waals surface area (Å²) < 4.78 is 5.21. The van der Waals surface area contributed by atoms with E-state index in [4.69, 9.17) is 16.3 Å². The first-order valence-electron chi connectivity index (χ1n) is 10.1. The van der Waals surface area contributed by atoms with E-state index in [0.717, 1.165) is 47.8 Å². The van der Waals surface area contributed by atoms with Crippen molar-refractivity contribution in [3.05, 3.63) is 45.1 Å². The third-order valence-electron chi connectivity index (χ3n) is 5.70. The highest BCUT2D eigenvalue weighted by Gasteiger charge is 2.26. The Morgan fingerprint density at radius 2 is 1.80 bits per heavy atom. The van der Waals surface area contributed by atoms with Gasteiger partial charge in [-0.25, -0.2) is 9.78 Å². The second kappa shape index (κ2) is 8.40. The van der Waals surface area contributed by atoms with Crippen LogP contribution >= 0.6 is 22.9 Å². The van der Waals surface area contributed by atoms with Crippen molar-refractivity contribution in [3.63, 3.8) is 0 Å². The highest BCUT2D eigenvalue weighted by Crippen LogP contribution is 2.37. The maximum atomic E-state index is 12.4. The third-order valence-corrected chi connectivity index (χ3v) is 7.04. The number of nitrogens with zero attached hydrogens (tertiary/aromatic N) is 4. The second-order valence-electron chi connectivity index (χ2n) is 7.47. The third kappa shape index (κ3) is 3.72. The van der Waals surface area contributed by atoms with Gasteiger partial charge in [0.05, 0.1) is 12.0 Å². The van der Waals surface area contributed by atoms with Crippen LogP contribution in [0.1, 0.15) is 33.3 Å². The zero-order valence-electron chi connectivity index (χ0n) is 17.7. The molecule has 1 aliphatic rings. The minimum atomic E-state index is -0.320. The fourth-order valence-electron chi connectivity index (χ4n) is 3.95. The fourth-order valence-corrected chi connectivity index (χ4v) is 5.23. The SMILES string of the molecule is CCOC(=O)c1sc2nc(Cl)nc(N3CCN(c4cccc(C)c4C)CC3)c2c1C. The quantitative estimate of drug-likeness (QED) is 0.426. The topological polar surface area (TPSA) is 58.6 Å². The van der Waals surface area contributed by atoms with Crippen molar-refractivity contribution in [2.24, 2.45) is 0 Å². The Morgan fingerprint density at radius 1 is 1.10 bits per heavy atom. The number of aryl methyl sites for hydroxylation is 2. The molecule has 0 atom stereocenters. The average molecular weight is 445 g/mol. The van der Waals surface area contributed by atoms with E-state index in [1.54, 1.807) is 6.92 Å². The van der Waals surface area contributed by atoms with E-state index in [1.807, 2.05) is 6.92 Å². The van der Waals surface area contributed by atoms with E-state index in [9.17, 15) is 4.79 Å². The molecule has 0 bridgehead atoms. The van der Waals surface area contributed by atoms with Gasteiger partial charge in [0.1, 0.15) is 15.5 Å². The Balaban J connectivity index is 1.64. The molecule has 2 aromatic heterocycles. The van der Waals surface area contributed by atoms with Gasteiger partial charge in [0, 0.05) is 31.9 Å². The molecule has 8 heteroatoms. The van der Waals surface area contributed by atoms with Crippen LogP contribution in [-0.4, -0.2) is 48.7 Å². The number of aromatic nitrogens is 2. The summed E-state index contributed by atoms with van der Waals surface area (Å²) in [4.78, 5) is 27.2. The van der Waals surface area contributed by atoms with E-state index in [2.05, 4.69) is 51.8 Å².